The molecule has 1 aromatic heterocycles. The predicted octanol–water partition coefficient (Wildman–Crippen LogP) is -0.723. The van der Waals surface area contributed by atoms with Crippen molar-refractivity contribution in [2.24, 2.45) is 5.73 Å². The zero-order valence-electron chi connectivity index (χ0n) is 11.2. The maximum absolute atomic E-state index is 11.2. The molecule has 2 rings (SSSR count). The highest BCUT2D eigenvalue weighted by molar-refractivity contribution is 5.80. The van der Waals surface area contributed by atoms with Gasteiger partial charge in [0.05, 0.1) is 6.04 Å². The third-order valence-electron chi connectivity index (χ3n) is 3.48. The molecular weight excluding hydrogens is 242 g/mol. The molecule has 0 saturated carbocycles. The van der Waals surface area contributed by atoms with Crippen LogP contribution in [0.15, 0.2) is 24.4 Å². The molecule has 2 heterocycles. The summed E-state index contributed by atoms with van der Waals surface area (Å²) in [6.45, 7) is 4.35. The Balaban J connectivity index is 1.84. The summed E-state index contributed by atoms with van der Waals surface area (Å²) in [5.74, 6) is 0.719. The van der Waals surface area contributed by atoms with E-state index in [9.17, 15) is 4.79 Å². The van der Waals surface area contributed by atoms with Crippen molar-refractivity contribution in [2.45, 2.75) is 6.04 Å². The van der Waals surface area contributed by atoms with Crippen LogP contribution in [0, 0.1) is 0 Å². The van der Waals surface area contributed by atoms with Gasteiger partial charge < -0.3 is 16.0 Å². The van der Waals surface area contributed by atoms with E-state index in [2.05, 4.69) is 20.1 Å². The highest BCUT2D eigenvalue weighted by atomic mass is 16.1. The molecule has 1 aromatic rings. The van der Waals surface area contributed by atoms with E-state index in [1.165, 1.54) is 0 Å². The van der Waals surface area contributed by atoms with E-state index in [1.807, 2.05) is 24.4 Å². The minimum absolute atomic E-state index is 0.276. The molecule has 0 aromatic carbocycles. The number of nitrogens with two attached hydrogens (primary N) is 1. The predicted molar refractivity (Wildman–Crippen MR) is 74.9 cm³/mol. The number of carbonyl (C=O) groups excluding carboxylic acids is 1. The van der Waals surface area contributed by atoms with Crippen LogP contribution in [0.4, 0.5) is 5.82 Å². The van der Waals surface area contributed by atoms with Gasteiger partial charge in [0.25, 0.3) is 0 Å². The molecule has 0 radical (unpaired) electrons. The third kappa shape index (κ3) is 3.65. The van der Waals surface area contributed by atoms with Gasteiger partial charge in [-0.05, 0) is 19.2 Å². The maximum Gasteiger partial charge on any atom is 0.235 e. The Morgan fingerprint density at radius 3 is 2.68 bits per heavy atom. The molecule has 6 nitrogen and oxygen atoms in total. The number of aromatic nitrogens is 1. The highest BCUT2D eigenvalue weighted by Gasteiger charge is 2.22. The number of hydrogen-bond donors (Lipinski definition) is 2. The summed E-state index contributed by atoms with van der Waals surface area (Å²) in [5.41, 5.74) is 5.33. The number of carbonyl (C=O) groups is 1. The lowest BCUT2D eigenvalue weighted by atomic mass is 10.2. The van der Waals surface area contributed by atoms with E-state index in [4.69, 9.17) is 5.73 Å². The summed E-state index contributed by atoms with van der Waals surface area (Å²) in [5, 5.41) is 2.95. The lowest BCUT2D eigenvalue weighted by Gasteiger charge is -2.36. The number of primary amides is 1. The SMILES string of the molecule is CNC(CN1CCN(c2ccccn2)CC1)C(N)=O. The molecular formula is C13H21N5O. The first-order valence-electron chi connectivity index (χ1n) is 6.55. The molecule has 1 amide bonds. The van der Waals surface area contributed by atoms with Gasteiger partial charge in [-0.1, -0.05) is 6.07 Å². The number of likely N-dealkylation sites (N-methyl/N-ethyl adjacent to an activating group) is 1. The van der Waals surface area contributed by atoms with Crippen molar-refractivity contribution in [1.29, 1.82) is 0 Å². The van der Waals surface area contributed by atoms with Gasteiger partial charge in [-0.25, -0.2) is 4.98 Å². The Kier molecular flexibility index (Phi) is 4.70. The van der Waals surface area contributed by atoms with Crippen LogP contribution in [0.2, 0.25) is 0 Å². The average molecular weight is 263 g/mol. The quantitative estimate of drug-likeness (QED) is 0.733. The first-order chi connectivity index (χ1) is 9.20. The number of piperazine rings is 1. The molecule has 3 N–H and O–H groups in total. The molecule has 1 aliphatic heterocycles. The number of nitrogens with one attached hydrogen (secondary N) is 1. The zero-order valence-corrected chi connectivity index (χ0v) is 11.2. The second-order valence-electron chi connectivity index (χ2n) is 4.72. The van der Waals surface area contributed by atoms with E-state index in [0.717, 1.165) is 32.0 Å². The summed E-state index contributed by atoms with van der Waals surface area (Å²) >= 11 is 0. The van der Waals surface area contributed by atoms with E-state index < -0.39 is 0 Å². The molecule has 0 bridgehead atoms. The Morgan fingerprint density at radius 2 is 2.16 bits per heavy atom. The van der Waals surface area contributed by atoms with E-state index in [-0.39, 0.29) is 11.9 Å². The summed E-state index contributed by atoms with van der Waals surface area (Å²) < 4.78 is 0. The fourth-order valence-electron chi connectivity index (χ4n) is 2.28. The second kappa shape index (κ2) is 6.49. The number of hydrogen-bond acceptors (Lipinski definition) is 5. The van der Waals surface area contributed by atoms with Crippen LogP contribution in [0.1, 0.15) is 0 Å². The molecule has 1 aliphatic rings. The number of anilines is 1. The van der Waals surface area contributed by atoms with Crippen molar-refractivity contribution in [3.63, 3.8) is 0 Å². The minimum atomic E-state index is -0.297. The van der Waals surface area contributed by atoms with Gasteiger partial charge in [0.1, 0.15) is 5.82 Å². The van der Waals surface area contributed by atoms with Crippen LogP contribution in [0.3, 0.4) is 0 Å². The molecule has 1 saturated heterocycles. The van der Waals surface area contributed by atoms with Crippen molar-refractivity contribution < 1.29 is 4.79 Å². The fraction of sp³-hybridized carbons (Fsp3) is 0.538. The number of amides is 1. The Morgan fingerprint density at radius 1 is 1.42 bits per heavy atom. The standard InChI is InChI=1S/C13H21N5O/c1-15-11(13(14)19)10-17-6-8-18(9-7-17)12-4-2-3-5-16-12/h2-5,11,15H,6-10H2,1H3,(H2,14,19). The van der Waals surface area contributed by atoms with Gasteiger partial charge in [-0.3, -0.25) is 9.69 Å². The first-order valence-corrected chi connectivity index (χ1v) is 6.55. The van der Waals surface area contributed by atoms with Crippen LogP contribution in [0.25, 0.3) is 0 Å². The summed E-state index contributed by atoms with van der Waals surface area (Å²) in [4.78, 5) is 20.1. The minimum Gasteiger partial charge on any atom is -0.368 e. The third-order valence-corrected chi connectivity index (χ3v) is 3.48. The highest BCUT2D eigenvalue weighted by Crippen LogP contribution is 2.12. The van der Waals surface area contributed by atoms with Gasteiger partial charge in [0.15, 0.2) is 0 Å². The molecule has 6 heteroatoms. The van der Waals surface area contributed by atoms with Gasteiger partial charge in [-0.15, -0.1) is 0 Å². The Bertz CT molecular complexity index is 403. The normalized spacial score (nSPS) is 18.3. The second-order valence-corrected chi connectivity index (χ2v) is 4.72. The Labute approximate surface area is 113 Å². The van der Waals surface area contributed by atoms with Gasteiger partial charge in [-0.2, -0.15) is 0 Å². The fourth-order valence-corrected chi connectivity index (χ4v) is 2.28. The van der Waals surface area contributed by atoms with Crippen molar-refractivity contribution in [2.75, 3.05) is 44.7 Å². The van der Waals surface area contributed by atoms with Gasteiger partial charge in [0, 0.05) is 38.9 Å². The molecule has 19 heavy (non-hydrogen) atoms. The van der Waals surface area contributed by atoms with Crippen molar-refractivity contribution in [1.82, 2.24) is 15.2 Å². The van der Waals surface area contributed by atoms with Crippen LogP contribution in [-0.4, -0.2) is 61.6 Å². The van der Waals surface area contributed by atoms with E-state index >= 15 is 0 Å². The van der Waals surface area contributed by atoms with Crippen LogP contribution >= 0.6 is 0 Å². The van der Waals surface area contributed by atoms with Gasteiger partial charge >= 0.3 is 0 Å². The van der Waals surface area contributed by atoms with E-state index in [1.54, 1.807) is 7.05 Å². The smallest absolute Gasteiger partial charge is 0.235 e. The lowest BCUT2D eigenvalue weighted by molar-refractivity contribution is -0.120. The summed E-state index contributed by atoms with van der Waals surface area (Å²) in [6.07, 6.45) is 1.81. The topological polar surface area (TPSA) is 74.5 Å². The number of pyridine rings is 1. The molecule has 1 fully saturated rings. The largest absolute Gasteiger partial charge is 0.368 e. The first kappa shape index (κ1) is 13.8. The maximum atomic E-state index is 11.2. The zero-order chi connectivity index (χ0) is 13.7. The van der Waals surface area contributed by atoms with Gasteiger partial charge in [0.2, 0.25) is 5.91 Å². The number of nitrogens with zero attached hydrogens (tertiary/aromatic N) is 3. The van der Waals surface area contributed by atoms with Crippen LogP contribution in [0.5, 0.6) is 0 Å². The molecule has 104 valence electrons. The van der Waals surface area contributed by atoms with Crippen LogP contribution < -0.4 is 16.0 Å². The monoisotopic (exact) mass is 263 g/mol. The lowest BCUT2D eigenvalue weighted by Crippen LogP contribution is -2.53. The molecule has 1 atom stereocenters. The van der Waals surface area contributed by atoms with Crippen molar-refractivity contribution >= 4 is 11.7 Å². The molecule has 1 unspecified atom stereocenters. The van der Waals surface area contributed by atoms with Crippen molar-refractivity contribution in [3.8, 4) is 0 Å². The summed E-state index contributed by atoms with van der Waals surface area (Å²) in [6, 6.07) is 5.67. The molecule has 0 spiro atoms. The van der Waals surface area contributed by atoms with Crippen LogP contribution in [-0.2, 0) is 4.79 Å². The average Bonchev–Trinajstić information content (AvgIpc) is 2.46. The van der Waals surface area contributed by atoms with E-state index in [0.29, 0.717) is 6.54 Å². The van der Waals surface area contributed by atoms with Crippen molar-refractivity contribution in [3.05, 3.63) is 24.4 Å². The summed E-state index contributed by atoms with van der Waals surface area (Å²) in [7, 11) is 1.76. The Hall–Kier alpha value is -1.66. The number of rotatable bonds is 5. The molecule has 0 aliphatic carbocycles.